The van der Waals surface area contributed by atoms with Gasteiger partial charge in [0.1, 0.15) is 0 Å². The average molecular weight is 241 g/mol. The zero-order chi connectivity index (χ0) is 13.0. The maximum atomic E-state index is 10.8. The van der Waals surface area contributed by atoms with Crippen molar-refractivity contribution in [2.24, 2.45) is 4.99 Å². The lowest BCUT2D eigenvalue weighted by molar-refractivity contribution is -0.385. The van der Waals surface area contributed by atoms with Crippen molar-refractivity contribution in [3.05, 3.63) is 64.2 Å². The van der Waals surface area contributed by atoms with Crippen molar-refractivity contribution >= 4 is 23.3 Å². The molecule has 2 rings (SSSR count). The molecule has 0 aromatic heterocycles. The first kappa shape index (κ1) is 11.8. The number of aliphatic imine (C=N–C) groups is 1. The molecule has 2 aromatic carbocycles. The van der Waals surface area contributed by atoms with E-state index in [1.54, 1.807) is 36.4 Å². The number of hydrogen-bond donors (Lipinski definition) is 1. The molecule has 0 aliphatic carbocycles. The summed E-state index contributed by atoms with van der Waals surface area (Å²) in [7, 11) is 0. The zero-order valence-electron chi connectivity index (χ0n) is 9.48. The Morgan fingerprint density at radius 2 is 1.78 bits per heavy atom. The van der Waals surface area contributed by atoms with Gasteiger partial charge in [-0.15, -0.1) is 0 Å². The second-order valence-electron chi connectivity index (χ2n) is 3.63. The molecule has 0 radical (unpaired) electrons. The van der Waals surface area contributed by atoms with Crippen LogP contribution in [0.5, 0.6) is 0 Å². The summed E-state index contributed by atoms with van der Waals surface area (Å²) in [6, 6.07) is 13.5. The first-order valence-corrected chi connectivity index (χ1v) is 5.30. The average Bonchev–Trinajstić information content (AvgIpc) is 2.38. The normalized spacial score (nSPS) is 10.7. The van der Waals surface area contributed by atoms with Crippen molar-refractivity contribution in [2.75, 3.05) is 5.73 Å². The van der Waals surface area contributed by atoms with Crippen LogP contribution in [0, 0.1) is 10.1 Å². The summed E-state index contributed by atoms with van der Waals surface area (Å²) in [5.41, 5.74) is 7.34. The van der Waals surface area contributed by atoms with Crippen LogP contribution in [0.2, 0.25) is 0 Å². The molecule has 18 heavy (non-hydrogen) atoms. The van der Waals surface area contributed by atoms with Gasteiger partial charge in [0.2, 0.25) is 0 Å². The molecule has 2 N–H and O–H groups in total. The second-order valence-corrected chi connectivity index (χ2v) is 3.63. The lowest BCUT2D eigenvalue weighted by Gasteiger charge is -1.99. The number of nitrogens with two attached hydrogens (primary N) is 1. The quantitative estimate of drug-likeness (QED) is 0.388. The molecule has 5 heteroatoms. The van der Waals surface area contributed by atoms with E-state index in [-0.39, 0.29) is 5.69 Å². The second kappa shape index (κ2) is 5.09. The topological polar surface area (TPSA) is 81.5 Å². The van der Waals surface area contributed by atoms with Crippen LogP contribution in [0.15, 0.2) is 53.5 Å². The van der Waals surface area contributed by atoms with E-state index < -0.39 is 4.92 Å². The summed E-state index contributed by atoms with van der Waals surface area (Å²) in [5, 5.41) is 10.8. The van der Waals surface area contributed by atoms with Gasteiger partial charge in [0.05, 0.1) is 21.9 Å². The molecule has 2 aromatic rings. The van der Waals surface area contributed by atoms with E-state index in [9.17, 15) is 10.1 Å². The zero-order valence-corrected chi connectivity index (χ0v) is 9.48. The van der Waals surface area contributed by atoms with Gasteiger partial charge in [0, 0.05) is 12.3 Å². The van der Waals surface area contributed by atoms with E-state index in [1.807, 2.05) is 6.07 Å². The molecular formula is C13H11N3O2. The van der Waals surface area contributed by atoms with Gasteiger partial charge < -0.3 is 5.73 Å². The third kappa shape index (κ3) is 2.52. The Labute approximate surface area is 104 Å². The molecular weight excluding hydrogens is 230 g/mol. The molecule has 0 bridgehead atoms. The molecule has 0 saturated carbocycles. The van der Waals surface area contributed by atoms with E-state index >= 15 is 0 Å². The Balaban J connectivity index is 2.35. The van der Waals surface area contributed by atoms with E-state index in [4.69, 9.17) is 5.73 Å². The van der Waals surface area contributed by atoms with Gasteiger partial charge >= 0.3 is 0 Å². The summed E-state index contributed by atoms with van der Waals surface area (Å²) in [4.78, 5) is 14.5. The van der Waals surface area contributed by atoms with Crippen LogP contribution in [0.3, 0.4) is 0 Å². The lowest BCUT2D eigenvalue weighted by atomic mass is 10.2. The molecule has 0 heterocycles. The molecule has 0 fully saturated rings. The first-order valence-electron chi connectivity index (χ1n) is 5.30. The van der Waals surface area contributed by atoms with Gasteiger partial charge in [-0.25, -0.2) is 0 Å². The highest BCUT2D eigenvalue weighted by molar-refractivity contribution is 5.88. The van der Waals surface area contributed by atoms with Crippen molar-refractivity contribution in [3.8, 4) is 0 Å². The van der Waals surface area contributed by atoms with Gasteiger partial charge in [-0.2, -0.15) is 0 Å². The van der Waals surface area contributed by atoms with Crippen LogP contribution in [0.25, 0.3) is 0 Å². The molecule has 0 saturated heterocycles. The lowest BCUT2D eigenvalue weighted by Crippen LogP contribution is -1.93. The molecule has 0 atom stereocenters. The number of benzene rings is 2. The Morgan fingerprint density at radius 3 is 2.50 bits per heavy atom. The maximum Gasteiger partial charge on any atom is 0.278 e. The monoisotopic (exact) mass is 241 g/mol. The highest BCUT2D eigenvalue weighted by Crippen LogP contribution is 2.22. The van der Waals surface area contributed by atoms with Gasteiger partial charge in [-0.3, -0.25) is 15.1 Å². The highest BCUT2D eigenvalue weighted by atomic mass is 16.6. The van der Waals surface area contributed by atoms with Crippen molar-refractivity contribution in [3.63, 3.8) is 0 Å². The summed E-state index contributed by atoms with van der Waals surface area (Å²) < 4.78 is 0. The number of anilines is 1. The Hall–Kier alpha value is -2.69. The van der Waals surface area contributed by atoms with Gasteiger partial charge in [0.15, 0.2) is 0 Å². The number of para-hydroxylation sites is 3. The van der Waals surface area contributed by atoms with Crippen molar-refractivity contribution < 1.29 is 4.92 Å². The number of nitrogens with zero attached hydrogens (tertiary/aromatic N) is 2. The summed E-state index contributed by atoms with van der Waals surface area (Å²) >= 11 is 0. The third-order valence-electron chi connectivity index (χ3n) is 2.41. The number of rotatable bonds is 3. The largest absolute Gasteiger partial charge is 0.397 e. The molecule has 5 nitrogen and oxygen atoms in total. The van der Waals surface area contributed by atoms with Crippen LogP contribution in [-0.2, 0) is 0 Å². The fraction of sp³-hybridized carbons (Fsp3) is 0. The molecule has 0 amide bonds. The van der Waals surface area contributed by atoms with Crippen LogP contribution in [-0.4, -0.2) is 11.1 Å². The van der Waals surface area contributed by atoms with Gasteiger partial charge in [0.25, 0.3) is 5.69 Å². The Bertz CT molecular complexity index is 609. The van der Waals surface area contributed by atoms with Crippen LogP contribution in [0.1, 0.15) is 5.56 Å². The molecule has 0 unspecified atom stereocenters. The third-order valence-corrected chi connectivity index (χ3v) is 2.41. The maximum absolute atomic E-state index is 10.8. The van der Waals surface area contributed by atoms with Crippen LogP contribution in [0.4, 0.5) is 17.1 Å². The molecule has 0 spiro atoms. The van der Waals surface area contributed by atoms with Crippen molar-refractivity contribution in [1.82, 2.24) is 0 Å². The summed E-state index contributed by atoms with van der Waals surface area (Å²) in [6.45, 7) is 0. The Kier molecular flexibility index (Phi) is 3.33. The minimum atomic E-state index is -0.435. The van der Waals surface area contributed by atoms with E-state index in [1.165, 1.54) is 12.3 Å². The summed E-state index contributed by atoms with van der Waals surface area (Å²) in [5.74, 6) is 0. The highest BCUT2D eigenvalue weighted by Gasteiger charge is 2.09. The smallest absolute Gasteiger partial charge is 0.278 e. The predicted molar refractivity (Wildman–Crippen MR) is 71.2 cm³/mol. The fourth-order valence-corrected chi connectivity index (χ4v) is 1.51. The van der Waals surface area contributed by atoms with E-state index in [0.29, 0.717) is 16.9 Å². The number of nitrogen functional groups attached to an aromatic ring is 1. The number of nitro benzene ring substituents is 1. The van der Waals surface area contributed by atoms with Crippen LogP contribution >= 0.6 is 0 Å². The number of nitro groups is 1. The fourth-order valence-electron chi connectivity index (χ4n) is 1.51. The molecule has 0 aliphatic rings. The molecule has 0 aliphatic heterocycles. The van der Waals surface area contributed by atoms with Crippen LogP contribution < -0.4 is 5.73 Å². The van der Waals surface area contributed by atoms with Crippen molar-refractivity contribution in [2.45, 2.75) is 0 Å². The summed E-state index contributed by atoms with van der Waals surface area (Å²) in [6.07, 6.45) is 1.45. The van der Waals surface area contributed by atoms with E-state index in [0.717, 1.165) is 0 Å². The minimum Gasteiger partial charge on any atom is -0.397 e. The van der Waals surface area contributed by atoms with E-state index in [2.05, 4.69) is 4.99 Å². The number of hydrogen-bond acceptors (Lipinski definition) is 4. The van der Waals surface area contributed by atoms with Gasteiger partial charge in [-0.1, -0.05) is 24.3 Å². The standard InChI is InChI=1S/C13H11N3O2/c14-11-6-2-3-7-12(11)15-9-10-5-1-4-8-13(10)16(17)18/h1-9H,14H2. The van der Waals surface area contributed by atoms with Crippen molar-refractivity contribution in [1.29, 1.82) is 0 Å². The molecule has 90 valence electrons. The first-order chi connectivity index (χ1) is 8.68. The minimum absolute atomic E-state index is 0.0238. The SMILES string of the molecule is Nc1ccccc1N=Cc1ccccc1[N+](=O)[O-]. The predicted octanol–water partition coefficient (Wildman–Crippen LogP) is 2.93. The Morgan fingerprint density at radius 1 is 1.11 bits per heavy atom. The van der Waals surface area contributed by atoms with Gasteiger partial charge in [-0.05, 0) is 18.2 Å².